The molecule has 9 nitrogen and oxygen atoms in total. The van der Waals surface area contributed by atoms with Crippen LogP contribution in [0.3, 0.4) is 0 Å². The number of hydrogen-bond acceptors (Lipinski definition) is 7. The molecule has 12 heteroatoms. The minimum atomic E-state index is -4.63. The summed E-state index contributed by atoms with van der Waals surface area (Å²) in [7, 11) is 1.34. The van der Waals surface area contributed by atoms with Crippen LogP contribution in [0.15, 0.2) is 28.7 Å². The van der Waals surface area contributed by atoms with E-state index in [-0.39, 0.29) is 46.3 Å². The van der Waals surface area contributed by atoms with Crippen molar-refractivity contribution in [3.8, 4) is 17.2 Å². The van der Waals surface area contributed by atoms with Gasteiger partial charge < -0.3 is 25.1 Å². The van der Waals surface area contributed by atoms with Crippen molar-refractivity contribution < 1.29 is 31.9 Å². The van der Waals surface area contributed by atoms with E-state index in [1.54, 1.807) is 17.9 Å². The number of oxazole rings is 1. The van der Waals surface area contributed by atoms with Gasteiger partial charge in [-0.2, -0.15) is 13.2 Å². The van der Waals surface area contributed by atoms with Gasteiger partial charge in [-0.3, -0.25) is 9.59 Å². The largest absolute Gasteiger partial charge is 0.494 e. The maximum Gasteiger partial charge on any atom is 0.433 e. The van der Waals surface area contributed by atoms with E-state index in [1.165, 1.54) is 26.2 Å². The molecule has 1 aromatic carbocycles. The second-order valence-electron chi connectivity index (χ2n) is 8.77. The van der Waals surface area contributed by atoms with Gasteiger partial charge in [0.15, 0.2) is 11.5 Å². The second kappa shape index (κ2) is 9.76. The summed E-state index contributed by atoms with van der Waals surface area (Å²) in [5, 5.41) is 3.08. The van der Waals surface area contributed by atoms with Crippen molar-refractivity contribution in [2.75, 3.05) is 26.7 Å². The highest BCUT2D eigenvalue weighted by Crippen LogP contribution is 2.37. The monoisotopic (exact) mass is 505 g/mol. The molecule has 1 fully saturated rings. The van der Waals surface area contributed by atoms with E-state index in [4.69, 9.17) is 14.9 Å². The molecule has 0 spiro atoms. The van der Waals surface area contributed by atoms with Gasteiger partial charge in [0.05, 0.1) is 13.2 Å². The van der Waals surface area contributed by atoms with Crippen molar-refractivity contribution in [2.45, 2.75) is 32.5 Å². The molecule has 0 aliphatic carbocycles. The number of likely N-dealkylation sites (tertiary alicyclic amines) is 1. The number of carbonyl (C=O) groups excluding carboxylic acids is 2. The zero-order valence-corrected chi connectivity index (χ0v) is 20.0. The lowest BCUT2D eigenvalue weighted by molar-refractivity contribution is -0.141. The third-order valence-corrected chi connectivity index (χ3v) is 6.04. The van der Waals surface area contributed by atoms with Crippen molar-refractivity contribution in [3.05, 3.63) is 41.4 Å². The molecule has 1 aliphatic heterocycles. The van der Waals surface area contributed by atoms with Crippen LogP contribution >= 0.6 is 0 Å². The normalized spacial score (nSPS) is 16.9. The average molecular weight is 505 g/mol. The molecule has 36 heavy (non-hydrogen) atoms. The van der Waals surface area contributed by atoms with Gasteiger partial charge in [0.2, 0.25) is 11.8 Å². The summed E-state index contributed by atoms with van der Waals surface area (Å²) in [6, 6.07) is 4.53. The van der Waals surface area contributed by atoms with Crippen LogP contribution in [-0.2, 0) is 11.0 Å². The quantitative estimate of drug-likeness (QED) is 0.525. The third-order valence-electron chi connectivity index (χ3n) is 6.04. The van der Waals surface area contributed by atoms with Crippen LogP contribution in [0.2, 0.25) is 0 Å². The standard InChI is InChI=1S/C24H26F3N5O4/c1-12(28)21-20(23(34)32-9-8-14(11-32)10-29-13(2)33)31-22(36-21)16-4-6-17(35-3)19-15(16)5-7-18(30-19)24(25,26)27/h4-7,12,14H,8-11,28H2,1-3H3,(H,29,33). The molecule has 4 rings (SSSR count). The number of nitrogens with one attached hydrogen (secondary N) is 1. The van der Waals surface area contributed by atoms with E-state index < -0.39 is 17.9 Å². The number of hydrogen-bond donors (Lipinski definition) is 2. The molecule has 1 saturated heterocycles. The van der Waals surface area contributed by atoms with Crippen molar-refractivity contribution in [1.82, 2.24) is 20.2 Å². The minimum absolute atomic E-state index is 0.0152. The maximum atomic E-state index is 13.3. The van der Waals surface area contributed by atoms with Gasteiger partial charge in [-0.1, -0.05) is 0 Å². The highest BCUT2D eigenvalue weighted by Gasteiger charge is 2.34. The first-order valence-corrected chi connectivity index (χ1v) is 11.3. The lowest BCUT2D eigenvalue weighted by Gasteiger charge is -2.16. The number of benzene rings is 1. The molecule has 0 radical (unpaired) electrons. The van der Waals surface area contributed by atoms with E-state index >= 15 is 0 Å². The summed E-state index contributed by atoms with van der Waals surface area (Å²) in [4.78, 5) is 34.3. The summed E-state index contributed by atoms with van der Waals surface area (Å²) in [6.45, 7) is 4.47. The number of aromatic nitrogens is 2. The number of pyridine rings is 1. The Balaban J connectivity index is 1.72. The molecule has 1 aliphatic rings. The number of nitrogens with two attached hydrogens (primary N) is 1. The molecule has 0 bridgehead atoms. The van der Waals surface area contributed by atoms with Crippen LogP contribution in [0.5, 0.6) is 5.75 Å². The molecule has 2 amide bonds. The number of nitrogens with zero attached hydrogens (tertiary/aromatic N) is 3. The number of carbonyl (C=O) groups is 2. The van der Waals surface area contributed by atoms with Gasteiger partial charge >= 0.3 is 6.18 Å². The highest BCUT2D eigenvalue weighted by atomic mass is 19.4. The Labute approximate surface area is 204 Å². The minimum Gasteiger partial charge on any atom is -0.494 e. The fourth-order valence-corrected chi connectivity index (χ4v) is 4.23. The van der Waals surface area contributed by atoms with Crippen molar-refractivity contribution >= 4 is 22.7 Å². The van der Waals surface area contributed by atoms with E-state index in [0.717, 1.165) is 12.5 Å². The third kappa shape index (κ3) is 4.99. The molecule has 192 valence electrons. The fourth-order valence-electron chi connectivity index (χ4n) is 4.23. The number of ether oxygens (including phenoxy) is 1. The Kier molecular flexibility index (Phi) is 6.90. The number of fused-ring (bicyclic) bond motifs is 1. The molecule has 3 N–H and O–H groups in total. The first-order valence-electron chi connectivity index (χ1n) is 11.3. The van der Waals surface area contributed by atoms with E-state index in [1.807, 2.05) is 0 Å². The Bertz CT molecular complexity index is 1300. The summed E-state index contributed by atoms with van der Waals surface area (Å²) >= 11 is 0. The van der Waals surface area contributed by atoms with Gasteiger partial charge in [-0.25, -0.2) is 9.97 Å². The Hall–Kier alpha value is -3.67. The first kappa shape index (κ1) is 25.4. The van der Waals surface area contributed by atoms with Crippen LogP contribution < -0.4 is 15.8 Å². The number of amides is 2. The zero-order chi connectivity index (χ0) is 26.2. The van der Waals surface area contributed by atoms with Crippen molar-refractivity contribution in [2.24, 2.45) is 11.7 Å². The van der Waals surface area contributed by atoms with Gasteiger partial charge in [-0.05, 0) is 43.5 Å². The predicted octanol–water partition coefficient (Wildman–Crippen LogP) is 3.54. The first-order chi connectivity index (χ1) is 17.0. The molecular formula is C24H26F3N5O4. The van der Waals surface area contributed by atoms with Crippen LogP contribution in [0, 0.1) is 5.92 Å². The number of halogens is 3. The number of methoxy groups -OCH3 is 1. The van der Waals surface area contributed by atoms with Crippen LogP contribution in [0.1, 0.15) is 48.3 Å². The number of rotatable bonds is 6. The van der Waals surface area contributed by atoms with E-state index in [2.05, 4.69) is 15.3 Å². The highest BCUT2D eigenvalue weighted by molar-refractivity contribution is 5.98. The summed E-state index contributed by atoms with van der Waals surface area (Å²) < 4.78 is 50.9. The zero-order valence-electron chi connectivity index (χ0n) is 20.0. The van der Waals surface area contributed by atoms with E-state index in [0.29, 0.717) is 30.6 Å². The van der Waals surface area contributed by atoms with Gasteiger partial charge in [-0.15, -0.1) is 0 Å². The molecule has 3 aromatic rings. The molecule has 2 atom stereocenters. The molecule has 0 saturated carbocycles. The summed E-state index contributed by atoms with van der Waals surface area (Å²) in [5.74, 6) is -0.0283. The Morgan fingerprint density at radius 3 is 2.67 bits per heavy atom. The van der Waals surface area contributed by atoms with Crippen LogP contribution in [0.4, 0.5) is 13.2 Å². The van der Waals surface area contributed by atoms with Crippen molar-refractivity contribution in [1.29, 1.82) is 0 Å². The van der Waals surface area contributed by atoms with Gasteiger partial charge in [0, 0.05) is 37.5 Å². The lowest BCUT2D eigenvalue weighted by Crippen LogP contribution is -2.33. The topological polar surface area (TPSA) is 124 Å². The maximum absolute atomic E-state index is 13.3. The average Bonchev–Trinajstić information content (AvgIpc) is 3.48. The fraction of sp³-hybridized carbons (Fsp3) is 0.417. The second-order valence-corrected chi connectivity index (χ2v) is 8.77. The van der Waals surface area contributed by atoms with Gasteiger partial charge in [0.1, 0.15) is 17.0 Å². The Morgan fingerprint density at radius 2 is 2.03 bits per heavy atom. The summed E-state index contributed by atoms with van der Waals surface area (Å²) in [6.07, 6.45) is -3.91. The molecule has 2 unspecified atom stereocenters. The summed E-state index contributed by atoms with van der Waals surface area (Å²) in [5.41, 5.74) is 5.38. The van der Waals surface area contributed by atoms with Gasteiger partial charge in [0.25, 0.3) is 5.91 Å². The molecular weight excluding hydrogens is 479 g/mol. The SMILES string of the molecule is COc1ccc(-c2nc(C(=O)N3CCC(CNC(C)=O)C3)c(C(C)N)o2)c2ccc(C(F)(F)F)nc12. The lowest BCUT2D eigenvalue weighted by atomic mass is 10.1. The predicted molar refractivity (Wildman–Crippen MR) is 124 cm³/mol. The Morgan fingerprint density at radius 1 is 1.28 bits per heavy atom. The van der Waals surface area contributed by atoms with E-state index in [9.17, 15) is 22.8 Å². The van der Waals surface area contributed by atoms with Crippen LogP contribution in [-0.4, -0.2) is 53.4 Å². The van der Waals surface area contributed by atoms with Crippen molar-refractivity contribution in [3.63, 3.8) is 0 Å². The smallest absolute Gasteiger partial charge is 0.433 e. The van der Waals surface area contributed by atoms with Crippen LogP contribution in [0.25, 0.3) is 22.4 Å². The number of alkyl halides is 3. The molecule has 3 heterocycles. The molecule has 2 aromatic heterocycles.